The Bertz CT molecular complexity index is 547. The first-order chi connectivity index (χ1) is 8.76. The van der Waals surface area contributed by atoms with Crippen LogP contribution in [0.25, 0.3) is 11.1 Å². The molecule has 2 aromatic rings. The van der Waals surface area contributed by atoms with Gasteiger partial charge in [-0.2, -0.15) is 0 Å². The maximum Gasteiger partial charge on any atom is 0.341 e. The van der Waals surface area contributed by atoms with Crippen LogP contribution in [-0.2, 0) is 4.74 Å². The Kier molecular flexibility index (Phi) is 3.63. The fourth-order valence-corrected chi connectivity index (χ4v) is 1.79. The number of benzene rings is 2. The number of esters is 1. The van der Waals surface area contributed by atoms with Crippen LogP contribution in [0.15, 0.2) is 48.5 Å². The van der Waals surface area contributed by atoms with Crippen molar-refractivity contribution in [1.82, 2.24) is 0 Å². The summed E-state index contributed by atoms with van der Waals surface area (Å²) < 4.78 is 9.91. The van der Waals surface area contributed by atoms with Crippen molar-refractivity contribution in [2.75, 3.05) is 14.2 Å². The van der Waals surface area contributed by atoms with E-state index in [0.29, 0.717) is 11.3 Å². The molecule has 0 unspecified atom stereocenters. The van der Waals surface area contributed by atoms with E-state index in [0.717, 1.165) is 11.1 Å². The van der Waals surface area contributed by atoms with Crippen LogP contribution in [0, 0.1) is 0 Å². The average Bonchev–Trinajstić information content (AvgIpc) is 2.46. The van der Waals surface area contributed by atoms with E-state index in [4.69, 9.17) is 9.47 Å². The third-order valence-electron chi connectivity index (χ3n) is 2.71. The molecule has 92 valence electrons. The lowest BCUT2D eigenvalue weighted by Gasteiger charge is -2.09. The fourth-order valence-electron chi connectivity index (χ4n) is 1.79. The Morgan fingerprint density at radius 2 is 1.67 bits per heavy atom. The van der Waals surface area contributed by atoms with Gasteiger partial charge in [-0.25, -0.2) is 4.79 Å². The topological polar surface area (TPSA) is 35.5 Å². The van der Waals surface area contributed by atoms with E-state index in [1.807, 2.05) is 36.4 Å². The Morgan fingerprint density at radius 3 is 2.28 bits per heavy atom. The first-order valence-corrected chi connectivity index (χ1v) is 5.58. The van der Waals surface area contributed by atoms with Gasteiger partial charge in [0.1, 0.15) is 11.3 Å². The maximum absolute atomic E-state index is 11.7. The van der Waals surface area contributed by atoms with E-state index in [1.54, 1.807) is 12.1 Å². The summed E-state index contributed by atoms with van der Waals surface area (Å²) in [7, 11) is 2.89. The Balaban J connectivity index is 2.49. The smallest absolute Gasteiger partial charge is 0.341 e. The van der Waals surface area contributed by atoms with Crippen molar-refractivity contribution in [3.8, 4) is 16.9 Å². The molecule has 3 nitrogen and oxygen atoms in total. The van der Waals surface area contributed by atoms with Crippen LogP contribution in [0.5, 0.6) is 5.75 Å². The predicted octanol–water partition coefficient (Wildman–Crippen LogP) is 3.15. The number of ether oxygens (including phenoxy) is 2. The number of rotatable bonds is 3. The largest absolute Gasteiger partial charge is 0.496 e. The van der Waals surface area contributed by atoms with E-state index < -0.39 is 5.97 Å². The maximum atomic E-state index is 11.7. The molecular weight excluding hydrogens is 228 g/mol. The highest BCUT2D eigenvalue weighted by molar-refractivity contribution is 5.94. The van der Waals surface area contributed by atoms with Crippen molar-refractivity contribution >= 4 is 5.97 Å². The minimum Gasteiger partial charge on any atom is -0.496 e. The minimum absolute atomic E-state index is 0.398. The molecule has 0 aromatic heterocycles. The number of methoxy groups -OCH3 is 2. The van der Waals surface area contributed by atoms with Gasteiger partial charge in [-0.15, -0.1) is 0 Å². The predicted molar refractivity (Wildman–Crippen MR) is 69.8 cm³/mol. The summed E-state index contributed by atoms with van der Waals surface area (Å²) in [6.07, 6.45) is 0. The first-order valence-electron chi connectivity index (χ1n) is 5.58. The molecule has 0 saturated heterocycles. The number of carbonyl (C=O) groups excluding carboxylic acids is 1. The standard InChI is InChI=1S/C15H14O3/c1-17-14-9-8-12(10-13(14)15(16)18-2)11-6-4-3-5-7-11/h3-10H,1-2H3. The molecule has 0 heterocycles. The van der Waals surface area contributed by atoms with Gasteiger partial charge >= 0.3 is 5.97 Å². The van der Waals surface area contributed by atoms with Gasteiger partial charge in [0, 0.05) is 0 Å². The van der Waals surface area contributed by atoms with Crippen molar-refractivity contribution in [2.45, 2.75) is 0 Å². The molecule has 18 heavy (non-hydrogen) atoms. The van der Waals surface area contributed by atoms with E-state index >= 15 is 0 Å². The van der Waals surface area contributed by atoms with Crippen LogP contribution in [0.1, 0.15) is 10.4 Å². The average molecular weight is 242 g/mol. The van der Waals surface area contributed by atoms with E-state index in [-0.39, 0.29) is 0 Å². The second-order valence-corrected chi connectivity index (χ2v) is 3.77. The molecule has 0 aliphatic heterocycles. The van der Waals surface area contributed by atoms with Gasteiger partial charge in [0.05, 0.1) is 14.2 Å². The molecule has 0 N–H and O–H groups in total. The lowest BCUT2D eigenvalue weighted by molar-refractivity contribution is 0.0597. The molecule has 0 fully saturated rings. The van der Waals surface area contributed by atoms with Crippen LogP contribution in [0.4, 0.5) is 0 Å². The van der Waals surface area contributed by atoms with Crippen LogP contribution in [0.2, 0.25) is 0 Å². The zero-order valence-corrected chi connectivity index (χ0v) is 10.3. The summed E-state index contributed by atoms with van der Waals surface area (Å²) >= 11 is 0. The monoisotopic (exact) mass is 242 g/mol. The van der Waals surface area contributed by atoms with Gasteiger partial charge in [-0.05, 0) is 23.3 Å². The van der Waals surface area contributed by atoms with Crippen molar-refractivity contribution < 1.29 is 14.3 Å². The summed E-state index contributed by atoms with van der Waals surface area (Å²) in [6.45, 7) is 0. The van der Waals surface area contributed by atoms with Gasteiger partial charge in [0.15, 0.2) is 0 Å². The van der Waals surface area contributed by atoms with Gasteiger partial charge in [-0.1, -0.05) is 36.4 Å². The van der Waals surface area contributed by atoms with Crippen molar-refractivity contribution in [2.24, 2.45) is 0 Å². The molecule has 2 aromatic carbocycles. The zero-order valence-electron chi connectivity index (χ0n) is 10.3. The van der Waals surface area contributed by atoms with Crippen molar-refractivity contribution in [3.05, 3.63) is 54.1 Å². The highest BCUT2D eigenvalue weighted by Gasteiger charge is 2.13. The molecule has 0 amide bonds. The SMILES string of the molecule is COC(=O)c1cc(-c2ccccc2)ccc1OC. The molecular formula is C15H14O3. The molecule has 0 radical (unpaired) electrons. The zero-order chi connectivity index (χ0) is 13.0. The molecule has 0 saturated carbocycles. The van der Waals surface area contributed by atoms with Gasteiger partial charge in [0.2, 0.25) is 0 Å². The summed E-state index contributed by atoms with van der Waals surface area (Å²) in [5.74, 6) is 0.117. The molecule has 0 atom stereocenters. The normalized spacial score (nSPS) is 9.89. The highest BCUT2D eigenvalue weighted by atomic mass is 16.5. The summed E-state index contributed by atoms with van der Waals surface area (Å²) in [4.78, 5) is 11.7. The third-order valence-corrected chi connectivity index (χ3v) is 2.71. The summed E-state index contributed by atoms with van der Waals surface area (Å²) in [6, 6.07) is 15.3. The second-order valence-electron chi connectivity index (χ2n) is 3.77. The number of hydrogen-bond acceptors (Lipinski definition) is 3. The van der Waals surface area contributed by atoms with Crippen LogP contribution < -0.4 is 4.74 Å². The third kappa shape index (κ3) is 2.35. The van der Waals surface area contributed by atoms with Crippen LogP contribution in [-0.4, -0.2) is 20.2 Å². The van der Waals surface area contributed by atoms with Crippen molar-refractivity contribution in [1.29, 1.82) is 0 Å². The van der Waals surface area contributed by atoms with Gasteiger partial charge in [0.25, 0.3) is 0 Å². The van der Waals surface area contributed by atoms with Crippen molar-refractivity contribution in [3.63, 3.8) is 0 Å². The summed E-state index contributed by atoms with van der Waals surface area (Å²) in [5.41, 5.74) is 2.43. The highest BCUT2D eigenvalue weighted by Crippen LogP contribution is 2.26. The fraction of sp³-hybridized carbons (Fsp3) is 0.133. The number of carbonyl (C=O) groups is 1. The van der Waals surface area contributed by atoms with E-state index in [9.17, 15) is 4.79 Å². The molecule has 0 spiro atoms. The quantitative estimate of drug-likeness (QED) is 0.775. The second kappa shape index (κ2) is 5.36. The lowest BCUT2D eigenvalue weighted by atomic mass is 10.0. The summed E-state index contributed by atoms with van der Waals surface area (Å²) in [5, 5.41) is 0. The lowest BCUT2D eigenvalue weighted by Crippen LogP contribution is -2.04. The minimum atomic E-state index is -0.398. The van der Waals surface area contributed by atoms with Gasteiger partial charge in [-0.3, -0.25) is 0 Å². The van der Waals surface area contributed by atoms with Crippen LogP contribution >= 0.6 is 0 Å². The Morgan fingerprint density at radius 1 is 0.944 bits per heavy atom. The van der Waals surface area contributed by atoms with E-state index in [1.165, 1.54) is 14.2 Å². The molecule has 0 bridgehead atoms. The Labute approximate surface area is 106 Å². The molecule has 2 rings (SSSR count). The number of hydrogen-bond donors (Lipinski definition) is 0. The molecule has 0 aliphatic carbocycles. The Hall–Kier alpha value is -2.29. The van der Waals surface area contributed by atoms with Crippen LogP contribution in [0.3, 0.4) is 0 Å². The first kappa shape index (κ1) is 12.2. The molecule has 0 aliphatic rings. The molecule has 3 heteroatoms. The van der Waals surface area contributed by atoms with Gasteiger partial charge < -0.3 is 9.47 Å². The van der Waals surface area contributed by atoms with E-state index in [2.05, 4.69) is 0 Å².